The van der Waals surface area contributed by atoms with Crippen molar-refractivity contribution in [1.29, 1.82) is 0 Å². The molecule has 2 rings (SSSR count). The number of amides is 3. The highest BCUT2D eigenvalue weighted by Crippen LogP contribution is 2.15. The van der Waals surface area contributed by atoms with Crippen LogP contribution in [0.1, 0.15) is 57.0 Å². The Hall–Kier alpha value is -3.26. The molecule has 3 N–H and O–H groups in total. The largest absolute Gasteiger partial charge is 0.345 e. The van der Waals surface area contributed by atoms with E-state index in [2.05, 4.69) is 20.9 Å². The standard InChI is InChI=1S/C26H33ClN4O4/c1-16(2)13-21(30-23(33)18-15-28-12-11-19(18)27)24(34)29-20(14-17-9-7-6-8-10-17)22(32)25(35)31-26(3,4)5/h6-12,15-16,20-21H,13-14H2,1-5H3,(H,29,34)(H,30,33)(H,31,35). The number of halogens is 1. The number of benzene rings is 1. The Bertz CT molecular complexity index is 1050. The van der Waals surface area contributed by atoms with Crippen LogP contribution in [-0.4, -0.2) is 46.1 Å². The Kier molecular flexibility index (Phi) is 9.95. The van der Waals surface area contributed by atoms with Gasteiger partial charge in [0, 0.05) is 24.4 Å². The molecular formula is C26H33ClN4O4. The highest BCUT2D eigenvalue weighted by molar-refractivity contribution is 6.38. The van der Waals surface area contributed by atoms with Crippen molar-refractivity contribution in [3.8, 4) is 0 Å². The number of nitrogens with one attached hydrogen (secondary N) is 3. The molecule has 3 amide bonds. The highest BCUT2D eigenvalue weighted by atomic mass is 35.5. The number of carbonyl (C=O) groups excluding carboxylic acids is 4. The van der Waals surface area contributed by atoms with Crippen molar-refractivity contribution in [3.05, 3.63) is 64.9 Å². The zero-order valence-corrected chi connectivity index (χ0v) is 21.5. The fraction of sp³-hybridized carbons (Fsp3) is 0.423. The first-order valence-corrected chi connectivity index (χ1v) is 11.9. The summed E-state index contributed by atoms with van der Waals surface area (Å²) in [6.45, 7) is 9.11. The molecular weight excluding hydrogens is 468 g/mol. The van der Waals surface area contributed by atoms with Crippen LogP contribution in [0, 0.1) is 5.92 Å². The van der Waals surface area contributed by atoms with Gasteiger partial charge in [-0.05, 0) is 44.7 Å². The zero-order valence-electron chi connectivity index (χ0n) is 20.7. The second kappa shape index (κ2) is 12.4. The van der Waals surface area contributed by atoms with Gasteiger partial charge in [0.1, 0.15) is 12.1 Å². The van der Waals surface area contributed by atoms with Crippen LogP contribution in [0.2, 0.25) is 5.02 Å². The van der Waals surface area contributed by atoms with Gasteiger partial charge in [-0.1, -0.05) is 55.8 Å². The van der Waals surface area contributed by atoms with E-state index in [1.807, 2.05) is 44.2 Å². The molecule has 0 aliphatic heterocycles. The second-order valence-electron chi connectivity index (χ2n) is 9.83. The van der Waals surface area contributed by atoms with Crippen LogP contribution in [0.5, 0.6) is 0 Å². The van der Waals surface area contributed by atoms with E-state index in [9.17, 15) is 19.2 Å². The molecule has 1 aromatic carbocycles. The van der Waals surface area contributed by atoms with E-state index in [1.54, 1.807) is 20.8 Å². The molecule has 0 saturated heterocycles. The van der Waals surface area contributed by atoms with Crippen LogP contribution >= 0.6 is 11.6 Å². The summed E-state index contributed by atoms with van der Waals surface area (Å²) >= 11 is 6.10. The lowest BCUT2D eigenvalue weighted by molar-refractivity contribution is -0.141. The van der Waals surface area contributed by atoms with Gasteiger partial charge >= 0.3 is 0 Å². The third-order valence-corrected chi connectivity index (χ3v) is 5.30. The fourth-order valence-electron chi connectivity index (χ4n) is 3.38. The highest BCUT2D eigenvalue weighted by Gasteiger charge is 2.32. The number of carbonyl (C=O) groups is 4. The van der Waals surface area contributed by atoms with E-state index in [4.69, 9.17) is 11.6 Å². The molecule has 35 heavy (non-hydrogen) atoms. The van der Waals surface area contributed by atoms with Crippen molar-refractivity contribution in [3.63, 3.8) is 0 Å². The first kappa shape index (κ1) is 28.0. The lowest BCUT2D eigenvalue weighted by Crippen LogP contribution is -2.56. The van der Waals surface area contributed by atoms with E-state index in [0.717, 1.165) is 5.56 Å². The summed E-state index contributed by atoms with van der Waals surface area (Å²) in [6, 6.07) is 8.51. The van der Waals surface area contributed by atoms with Crippen molar-refractivity contribution in [2.24, 2.45) is 5.92 Å². The SMILES string of the molecule is CC(C)CC(NC(=O)c1cnccc1Cl)C(=O)NC(Cc1ccccc1)C(=O)C(=O)NC(C)(C)C. The summed E-state index contributed by atoms with van der Waals surface area (Å²) in [4.78, 5) is 55.7. The number of Topliss-reactive ketones (excluding diaryl/α,β-unsaturated/α-hetero) is 1. The molecule has 8 nitrogen and oxygen atoms in total. The number of pyridine rings is 1. The predicted molar refractivity (Wildman–Crippen MR) is 135 cm³/mol. The Morgan fingerprint density at radius 1 is 0.971 bits per heavy atom. The lowest BCUT2D eigenvalue weighted by Gasteiger charge is -2.25. The smallest absolute Gasteiger partial charge is 0.290 e. The molecule has 0 fully saturated rings. The first-order chi connectivity index (χ1) is 16.4. The molecule has 0 aliphatic carbocycles. The quantitative estimate of drug-likeness (QED) is 0.433. The van der Waals surface area contributed by atoms with E-state index in [0.29, 0.717) is 6.42 Å². The van der Waals surface area contributed by atoms with E-state index in [1.165, 1.54) is 18.5 Å². The van der Waals surface area contributed by atoms with Crippen LogP contribution in [0.25, 0.3) is 0 Å². The minimum atomic E-state index is -1.11. The molecule has 188 valence electrons. The van der Waals surface area contributed by atoms with Gasteiger partial charge in [0.2, 0.25) is 11.7 Å². The summed E-state index contributed by atoms with van der Waals surface area (Å²) in [5.74, 6) is -2.61. The minimum absolute atomic E-state index is 0.0582. The molecule has 2 aromatic rings. The van der Waals surface area contributed by atoms with Gasteiger partial charge in [-0.25, -0.2) is 0 Å². The van der Waals surface area contributed by atoms with Crippen molar-refractivity contribution >= 4 is 35.1 Å². The van der Waals surface area contributed by atoms with E-state index < -0.39 is 41.1 Å². The second-order valence-corrected chi connectivity index (χ2v) is 10.2. The van der Waals surface area contributed by atoms with Gasteiger partial charge in [0.15, 0.2) is 0 Å². The van der Waals surface area contributed by atoms with Gasteiger partial charge < -0.3 is 16.0 Å². The molecule has 0 bridgehead atoms. The maximum absolute atomic E-state index is 13.3. The van der Waals surface area contributed by atoms with Gasteiger partial charge in [0.05, 0.1) is 10.6 Å². The molecule has 1 heterocycles. The maximum atomic E-state index is 13.3. The summed E-state index contributed by atoms with van der Waals surface area (Å²) in [5.41, 5.74) is 0.295. The van der Waals surface area contributed by atoms with Crippen molar-refractivity contribution in [2.75, 3.05) is 0 Å². The van der Waals surface area contributed by atoms with Gasteiger partial charge in [0.25, 0.3) is 11.8 Å². The maximum Gasteiger partial charge on any atom is 0.290 e. The molecule has 0 radical (unpaired) electrons. The van der Waals surface area contributed by atoms with Crippen LogP contribution in [0.4, 0.5) is 0 Å². The Morgan fingerprint density at radius 3 is 2.20 bits per heavy atom. The fourth-order valence-corrected chi connectivity index (χ4v) is 3.57. The Balaban J connectivity index is 2.26. The average molecular weight is 501 g/mol. The monoisotopic (exact) mass is 500 g/mol. The van der Waals surface area contributed by atoms with E-state index in [-0.39, 0.29) is 22.9 Å². The Morgan fingerprint density at radius 2 is 1.63 bits per heavy atom. The van der Waals surface area contributed by atoms with Gasteiger partial charge in [-0.2, -0.15) is 0 Å². The average Bonchev–Trinajstić information content (AvgIpc) is 2.77. The molecule has 0 aliphatic rings. The number of hydrogen-bond donors (Lipinski definition) is 3. The number of rotatable bonds is 10. The molecule has 2 atom stereocenters. The van der Waals surface area contributed by atoms with Crippen molar-refractivity contribution in [2.45, 2.75) is 65.1 Å². The first-order valence-electron chi connectivity index (χ1n) is 11.5. The third kappa shape index (κ3) is 9.13. The van der Waals surface area contributed by atoms with Crippen LogP contribution < -0.4 is 16.0 Å². The normalized spacial score (nSPS) is 13.0. The van der Waals surface area contributed by atoms with Crippen molar-refractivity contribution in [1.82, 2.24) is 20.9 Å². The number of ketones is 1. The number of aromatic nitrogens is 1. The zero-order chi connectivity index (χ0) is 26.2. The number of hydrogen-bond acceptors (Lipinski definition) is 5. The topological polar surface area (TPSA) is 117 Å². The van der Waals surface area contributed by atoms with Crippen LogP contribution in [-0.2, 0) is 20.8 Å². The molecule has 2 unspecified atom stereocenters. The summed E-state index contributed by atoms with van der Waals surface area (Å²) in [7, 11) is 0. The summed E-state index contributed by atoms with van der Waals surface area (Å²) in [6.07, 6.45) is 3.22. The Labute approximate surface area is 211 Å². The number of nitrogens with zero attached hydrogens (tertiary/aromatic N) is 1. The minimum Gasteiger partial charge on any atom is -0.345 e. The molecule has 0 saturated carbocycles. The lowest BCUT2D eigenvalue weighted by atomic mass is 9.98. The van der Waals surface area contributed by atoms with Crippen LogP contribution in [0.3, 0.4) is 0 Å². The van der Waals surface area contributed by atoms with E-state index >= 15 is 0 Å². The summed E-state index contributed by atoms with van der Waals surface area (Å²) in [5, 5.41) is 8.24. The predicted octanol–water partition coefficient (Wildman–Crippen LogP) is 3.09. The third-order valence-electron chi connectivity index (χ3n) is 4.97. The van der Waals surface area contributed by atoms with Crippen LogP contribution in [0.15, 0.2) is 48.8 Å². The molecule has 9 heteroatoms. The molecule has 0 spiro atoms. The van der Waals surface area contributed by atoms with Gasteiger partial charge in [-0.3, -0.25) is 24.2 Å². The van der Waals surface area contributed by atoms with Gasteiger partial charge in [-0.15, -0.1) is 0 Å². The van der Waals surface area contributed by atoms with Crippen molar-refractivity contribution < 1.29 is 19.2 Å². The molecule has 1 aromatic heterocycles. The summed E-state index contributed by atoms with van der Waals surface area (Å²) < 4.78 is 0.